The number of fused-ring (bicyclic) bond motifs is 1. The van der Waals surface area contributed by atoms with Crippen LogP contribution in [0.5, 0.6) is 11.5 Å². The van der Waals surface area contributed by atoms with Crippen LogP contribution in [0.1, 0.15) is 56.6 Å². The molecule has 0 radical (unpaired) electrons. The molecule has 198 valence electrons. The van der Waals surface area contributed by atoms with E-state index in [1.165, 1.54) is 10.9 Å². The van der Waals surface area contributed by atoms with Crippen LogP contribution in [0.15, 0.2) is 48.7 Å². The number of benzene rings is 2. The number of nitrogens with zero attached hydrogens (tertiary/aromatic N) is 2. The fourth-order valence-corrected chi connectivity index (χ4v) is 4.81. The lowest BCUT2D eigenvalue weighted by Crippen LogP contribution is -2.44. The summed E-state index contributed by atoms with van der Waals surface area (Å²) in [5, 5.41) is 1.17. The van der Waals surface area contributed by atoms with Gasteiger partial charge in [0.2, 0.25) is 11.8 Å². The first kappa shape index (κ1) is 26.6. The summed E-state index contributed by atoms with van der Waals surface area (Å²) in [5.74, 6) is 1.37. The molecule has 1 heterocycles. The highest BCUT2D eigenvalue weighted by molar-refractivity contribution is 5.86. The Bertz CT molecular complexity index is 1200. The maximum absolute atomic E-state index is 13.7. The Kier molecular flexibility index (Phi) is 9.09. The number of amides is 2. The van der Waals surface area contributed by atoms with Gasteiger partial charge >= 0.3 is 0 Å². The number of aromatic nitrogens is 1. The highest BCUT2D eigenvalue weighted by Crippen LogP contribution is 2.30. The lowest BCUT2D eigenvalue weighted by molar-refractivity contribution is -0.141. The second-order valence-electron chi connectivity index (χ2n) is 9.82. The number of methoxy groups -OCH3 is 2. The molecule has 0 spiro atoms. The number of carbonyl (C=O) groups excluding carboxylic acids is 2. The minimum absolute atomic E-state index is 0.0228. The van der Waals surface area contributed by atoms with Crippen molar-refractivity contribution in [1.29, 1.82) is 0 Å². The molecule has 7 heteroatoms. The van der Waals surface area contributed by atoms with Gasteiger partial charge < -0.3 is 24.3 Å². The molecule has 4 rings (SSSR count). The number of carbonyl (C=O) groups is 2. The lowest BCUT2D eigenvalue weighted by atomic mass is 10.1. The van der Waals surface area contributed by atoms with Gasteiger partial charge in [-0.1, -0.05) is 44.0 Å². The van der Waals surface area contributed by atoms with Crippen molar-refractivity contribution in [3.8, 4) is 11.5 Å². The number of hydrogen-bond acceptors (Lipinski definition) is 4. The Morgan fingerprint density at radius 1 is 1.00 bits per heavy atom. The smallest absolute Gasteiger partial charge is 0.242 e. The predicted octanol–water partition coefficient (Wildman–Crippen LogP) is 5.33. The molecule has 1 saturated carbocycles. The molecule has 0 saturated heterocycles. The summed E-state index contributed by atoms with van der Waals surface area (Å²) in [6.07, 6.45) is 8.21. The van der Waals surface area contributed by atoms with Gasteiger partial charge in [0.25, 0.3) is 0 Å². The standard InChI is InChI=1S/C30H39N3O4/c1-4-5-6-11-29(34)33(24-13-14-24)21-30(35)32(20-22-12-15-27(36-2)28(18-22)37-3)17-16-23-19-31-26-10-8-7-9-25(23)26/h7-10,12,15,18-19,24,31H,4-6,11,13-14,16-17,20-21H2,1-3H3. The minimum atomic E-state index is -0.0228. The number of H-pyrrole nitrogens is 1. The van der Waals surface area contributed by atoms with Crippen molar-refractivity contribution < 1.29 is 19.1 Å². The van der Waals surface area contributed by atoms with Crippen LogP contribution in [0.25, 0.3) is 10.9 Å². The van der Waals surface area contributed by atoms with E-state index in [9.17, 15) is 9.59 Å². The van der Waals surface area contributed by atoms with Crippen LogP contribution in [0, 0.1) is 0 Å². The zero-order valence-corrected chi connectivity index (χ0v) is 22.3. The molecule has 2 aromatic carbocycles. The van der Waals surface area contributed by atoms with Crippen LogP contribution >= 0.6 is 0 Å². The molecule has 0 bridgehead atoms. The number of rotatable bonds is 14. The maximum atomic E-state index is 13.7. The Morgan fingerprint density at radius 2 is 1.78 bits per heavy atom. The first-order chi connectivity index (χ1) is 18.0. The molecule has 1 aromatic heterocycles. The van der Waals surface area contributed by atoms with E-state index in [-0.39, 0.29) is 24.4 Å². The van der Waals surface area contributed by atoms with E-state index < -0.39 is 0 Å². The highest BCUT2D eigenvalue weighted by atomic mass is 16.5. The summed E-state index contributed by atoms with van der Waals surface area (Å²) in [6.45, 7) is 3.25. The molecule has 1 aliphatic rings. The molecule has 7 nitrogen and oxygen atoms in total. The Hall–Kier alpha value is -3.48. The molecule has 0 aliphatic heterocycles. The third-order valence-electron chi connectivity index (χ3n) is 7.11. The highest BCUT2D eigenvalue weighted by Gasteiger charge is 2.34. The summed E-state index contributed by atoms with van der Waals surface area (Å²) in [6, 6.07) is 14.2. The molecule has 3 aromatic rings. The second-order valence-corrected chi connectivity index (χ2v) is 9.82. The van der Waals surface area contributed by atoms with Gasteiger partial charge in [-0.2, -0.15) is 0 Å². The van der Waals surface area contributed by atoms with Gasteiger partial charge in [-0.3, -0.25) is 9.59 Å². The molecule has 1 fully saturated rings. The summed E-state index contributed by atoms with van der Waals surface area (Å²) >= 11 is 0. The van der Waals surface area contributed by atoms with Gasteiger partial charge in [-0.05, 0) is 55.0 Å². The third kappa shape index (κ3) is 6.85. The van der Waals surface area contributed by atoms with E-state index >= 15 is 0 Å². The van der Waals surface area contributed by atoms with Crippen molar-refractivity contribution >= 4 is 22.7 Å². The SMILES string of the molecule is CCCCCC(=O)N(CC(=O)N(CCc1c[nH]c2ccccc12)Cc1ccc(OC)c(OC)c1)C1CC1. The van der Waals surface area contributed by atoms with Crippen molar-refractivity contribution in [3.05, 3.63) is 59.8 Å². The average molecular weight is 506 g/mol. The molecule has 1 aliphatic carbocycles. The zero-order valence-electron chi connectivity index (χ0n) is 22.3. The van der Waals surface area contributed by atoms with E-state index in [0.717, 1.165) is 49.6 Å². The molecule has 37 heavy (non-hydrogen) atoms. The molecule has 2 amide bonds. The van der Waals surface area contributed by atoms with Crippen LogP contribution in [-0.2, 0) is 22.6 Å². The fraction of sp³-hybridized carbons (Fsp3) is 0.467. The maximum Gasteiger partial charge on any atom is 0.242 e. The van der Waals surface area contributed by atoms with E-state index in [1.807, 2.05) is 46.3 Å². The van der Waals surface area contributed by atoms with Crippen LogP contribution < -0.4 is 9.47 Å². The topological polar surface area (TPSA) is 74.9 Å². The van der Waals surface area contributed by atoms with E-state index in [4.69, 9.17) is 9.47 Å². The number of nitrogens with one attached hydrogen (secondary N) is 1. The summed E-state index contributed by atoms with van der Waals surface area (Å²) < 4.78 is 10.9. The van der Waals surface area contributed by atoms with E-state index in [1.54, 1.807) is 14.2 Å². The largest absolute Gasteiger partial charge is 0.493 e. The molecule has 0 atom stereocenters. The van der Waals surface area contributed by atoms with Crippen molar-refractivity contribution in [2.75, 3.05) is 27.3 Å². The number of aromatic amines is 1. The summed E-state index contributed by atoms with van der Waals surface area (Å²) in [5.41, 5.74) is 3.22. The van der Waals surface area contributed by atoms with Crippen molar-refractivity contribution in [2.45, 2.75) is 64.5 Å². The quantitative estimate of drug-likeness (QED) is 0.301. The van der Waals surface area contributed by atoms with Gasteiger partial charge in [-0.25, -0.2) is 0 Å². The fourth-order valence-electron chi connectivity index (χ4n) is 4.81. The monoisotopic (exact) mass is 505 g/mol. The number of unbranched alkanes of at least 4 members (excludes halogenated alkanes) is 2. The van der Waals surface area contributed by atoms with Gasteiger partial charge in [0.05, 0.1) is 14.2 Å². The van der Waals surface area contributed by atoms with E-state index in [2.05, 4.69) is 24.0 Å². The minimum Gasteiger partial charge on any atom is -0.493 e. The summed E-state index contributed by atoms with van der Waals surface area (Å²) in [7, 11) is 3.22. The van der Waals surface area contributed by atoms with Crippen molar-refractivity contribution in [3.63, 3.8) is 0 Å². The molecular formula is C30H39N3O4. The van der Waals surface area contributed by atoms with E-state index in [0.29, 0.717) is 31.0 Å². The van der Waals surface area contributed by atoms with Crippen molar-refractivity contribution in [1.82, 2.24) is 14.8 Å². The zero-order chi connectivity index (χ0) is 26.2. The number of ether oxygens (including phenoxy) is 2. The Balaban J connectivity index is 1.51. The van der Waals surface area contributed by atoms with Gasteiger partial charge in [0.1, 0.15) is 6.54 Å². The van der Waals surface area contributed by atoms with Gasteiger partial charge in [-0.15, -0.1) is 0 Å². The van der Waals surface area contributed by atoms with Crippen LogP contribution in [-0.4, -0.2) is 59.9 Å². The Labute approximate surface area is 219 Å². The number of hydrogen-bond donors (Lipinski definition) is 1. The predicted molar refractivity (Wildman–Crippen MR) is 146 cm³/mol. The van der Waals surface area contributed by atoms with Crippen LogP contribution in [0.4, 0.5) is 0 Å². The lowest BCUT2D eigenvalue weighted by Gasteiger charge is -2.28. The first-order valence-corrected chi connectivity index (χ1v) is 13.4. The Morgan fingerprint density at radius 3 is 2.51 bits per heavy atom. The first-order valence-electron chi connectivity index (χ1n) is 13.4. The van der Waals surface area contributed by atoms with Crippen LogP contribution in [0.2, 0.25) is 0 Å². The second kappa shape index (κ2) is 12.7. The average Bonchev–Trinajstić information content (AvgIpc) is 3.68. The third-order valence-corrected chi connectivity index (χ3v) is 7.11. The molecule has 0 unspecified atom stereocenters. The van der Waals surface area contributed by atoms with Crippen LogP contribution in [0.3, 0.4) is 0 Å². The normalized spacial score (nSPS) is 12.9. The molecular weight excluding hydrogens is 466 g/mol. The van der Waals surface area contributed by atoms with Crippen molar-refractivity contribution in [2.24, 2.45) is 0 Å². The van der Waals surface area contributed by atoms with Gasteiger partial charge in [0.15, 0.2) is 11.5 Å². The molecule has 1 N–H and O–H groups in total. The number of para-hydroxylation sites is 1. The van der Waals surface area contributed by atoms with Gasteiger partial charge in [0, 0.05) is 42.7 Å². The summed E-state index contributed by atoms with van der Waals surface area (Å²) in [4.78, 5) is 33.7.